The highest BCUT2D eigenvalue weighted by atomic mass is 16.5. The van der Waals surface area contributed by atoms with Crippen molar-refractivity contribution in [2.24, 2.45) is 0 Å². The summed E-state index contributed by atoms with van der Waals surface area (Å²) in [6, 6.07) is 14.2. The van der Waals surface area contributed by atoms with Crippen LogP contribution in [0.15, 0.2) is 48.5 Å². The lowest BCUT2D eigenvalue weighted by molar-refractivity contribution is 0.106. The molecule has 0 spiro atoms. The van der Waals surface area contributed by atoms with E-state index >= 15 is 0 Å². The van der Waals surface area contributed by atoms with Gasteiger partial charge in [0.1, 0.15) is 37.1 Å². The number of phenolic OH excluding ortho intramolecular Hbond substituents is 1. The average Bonchev–Trinajstić information content (AvgIpc) is 2.59. The molecule has 23 heavy (non-hydrogen) atoms. The van der Waals surface area contributed by atoms with Crippen LogP contribution in [0.25, 0.3) is 0 Å². The van der Waals surface area contributed by atoms with Crippen LogP contribution in [-0.2, 0) is 6.42 Å². The number of hydrogen-bond donors (Lipinski definition) is 3. The Hall–Kier alpha value is -2.24. The Morgan fingerprint density at radius 3 is 2.30 bits per heavy atom. The molecule has 1 radical (unpaired) electrons. The van der Waals surface area contributed by atoms with Crippen LogP contribution in [-0.4, -0.2) is 36.0 Å². The summed E-state index contributed by atoms with van der Waals surface area (Å²) < 4.78 is 10.3. The van der Waals surface area contributed by atoms with Crippen LogP contribution >= 0.6 is 0 Å². The lowest BCUT2D eigenvalue weighted by Crippen LogP contribution is -2.32. The predicted molar refractivity (Wildman–Crippen MR) is 88.6 cm³/mol. The highest BCUT2D eigenvalue weighted by molar-refractivity contribution is 5.30. The number of benzene rings is 2. The van der Waals surface area contributed by atoms with E-state index in [0.29, 0.717) is 12.3 Å². The molecule has 123 valence electrons. The fraction of sp³-hybridized carbons (Fsp3) is 0.278. The second kappa shape index (κ2) is 9.02. The molecule has 0 bridgehead atoms. The van der Waals surface area contributed by atoms with Gasteiger partial charge in [-0.2, -0.15) is 0 Å². The first-order valence-electron chi connectivity index (χ1n) is 7.49. The molecule has 1 atom stereocenters. The standard InChI is InChI=1S/C18H22NO4/c1-22-17-6-2-14(3-7-17)10-11-19-12-16(21)13-23-18-8-4-15(20)5-9-18/h2-9,16,19-21H,1,10-13H2/t16-/m0/s1. The maximum Gasteiger partial charge on any atom is 0.122 e. The fourth-order valence-corrected chi connectivity index (χ4v) is 2.05. The van der Waals surface area contributed by atoms with Crippen molar-refractivity contribution in [2.45, 2.75) is 12.5 Å². The Balaban J connectivity index is 1.60. The molecule has 0 amide bonds. The molecule has 2 aromatic rings. The number of hydrogen-bond acceptors (Lipinski definition) is 5. The Morgan fingerprint density at radius 1 is 1.00 bits per heavy atom. The molecule has 5 nitrogen and oxygen atoms in total. The molecule has 0 aliphatic carbocycles. The van der Waals surface area contributed by atoms with Crippen LogP contribution in [0.2, 0.25) is 0 Å². The Kier molecular flexibility index (Phi) is 6.72. The molecule has 0 aliphatic heterocycles. The van der Waals surface area contributed by atoms with Crippen molar-refractivity contribution in [1.82, 2.24) is 5.32 Å². The van der Waals surface area contributed by atoms with Gasteiger partial charge in [0.15, 0.2) is 0 Å². The Bertz CT molecular complexity index is 569. The quantitative estimate of drug-likeness (QED) is 0.618. The molecular weight excluding hydrogens is 294 g/mol. The van der Waals surface area contributed by atoms with E-state index in [2.05, 4.69) is 12.4 Å². The van der Waals surface area contributed by atoms with E-state index in [0.717, 1.165) is 18.7 Å². The van der Waals surface area contributed by atoms with Gasteiger partial charge < -0.3 is 25.0 Å². The zero-order chi connectivity index (χ0) is 16.5. The first kappa shape index (κ1) is 17.1. The van der Waals surface area contributed by atoms with E-state index in [1.807, 2.05) is 24.3 Å². The minimum atomic E-state index is -0.592. The third-order valence-electron chi connectivity index (χ3n) is 3.34. The smallest absolute Gasteiger partial charge is 0.122 e. The molecule has 3 N–H and O–H groups in total. The lowest BCUT2D eigenvalue weighted by Gasteiger charge is -2.13. The van der Waals surface area contributed by atoms with E-state index < -0.39 is 6.10 Å². The summed E-state index contributed by atoms with van der Waals surface area (Å²) >= 11 is 0. The summed E-state index contributed by atoms with van der Waals surface area (Å²) in [4.78, 5) is 0. The normalized spacial score (nSPS) is 11.9. The summed E-state index contributed by atoms with van der Waals surface area (Å²) in [7, 11) is 3.36. The minimum absolute atomic E-state index is 0.189. The van der Waals surface area contributed by atoms with Gasteiger partial charge in [-0.15, -0.1) is 0 Å². The number of nitrogens with one attached hydrogen (secondary N) is 1. The van der Waals surface area contributed by atoms with Gasteiger partial charge in [-0.1, -0.05) is 12.1 Å². The van der Waals surface area contributed by atoms with Crippen LogP contribution in [0.5, 0.6) is 17.2 Å². The van der Waals surface area contributed by atoms with Crippen molar-refractivity contribution in [2.75, 3.05) is 19.7 Å². The van der Waals surface area contributed by atoms with Crippen molar-refractivity contribution in [3.63, 3.8) is 0 Å². The van der Waals surface area contributed by atoms with Gasteiger partial charge in [-0.05, 0) is 54.9 Å². The number of phenols is 1. The van der Waals surface area contributed by atoms with Crippen LogP contribution in [0.3, 0.4) is 0 Å². The minimum Gasteiger partial charge on any atom is -0.508 e. The fourth-order valence-electron chi connectivity index (χ4n) is 2.05. The molecule has 0 aromatic heterocycles. The second-order valence-corrected chi connectivity index (χ2v) is 5.20. The zero-order valence-corrected chi connectivity index (χ0v) is 12.9. The average molecular weight is 316 g/mol. The van der Waals surface area contributed by atoms with E-state index in [1.165, 1.54) is 5.56 Å². The summed E-state index contributed by atoms with van der Waals surface area (Å²) in [6.45, 7) is 1.42. The second-order valence-electron chi connectivity index (χ2n) is 5.20. The molecular formula is C18H22NO4. The predicted octanol–water partition coefficient (Wildman–Crippen LogP) is 2.13. The van der Waals surface area contributed by atoms with E-state index in [9.17, 15) is 10.2 Å². The van der Waals surface area contributed by atoms with E-state index in [1.54, 1.807) is 24.3 Å². The monoisotopic (exact) mass is 316 g/mol. The largest absolute Gasteiger partial charge is 0.508 e. The van der Waals surface area contributed by atoms with Crippen LogP contribution in [0.4, 0.5) is 0 Å². The summed E-state index contributed by atoms with van der Waals surface area (Å²) in [5.74, 6) is 1.55. The SMILES string of the molecule is [CH2]Oc1ccc(CCNC[C@H](O)COc2ccc(O)cc2)cc1. The van der Waals surface area contributed by atoms with E-state index in [-0.39, 0.29) is 12.4 Å². The highest BCUT2D eigenvalue weighted by Crippen LogP contribution is 2.16. The maximum atomic E-state index is 9.87. The van der Waals surface area contributed by atoms with Crippen molar-refractivity contribution < 1.29 is 19.7 Å². The van der Waals surface area contributed by atoms with Gasteiger partial charge in [-0.25, -0.2) is 0 Å². The van der Waals surface area contributed by atoms with Gasteiger partial charge in [0, 0.05) is 6.54 Å². The van der Waals surface area contributed by atoms with Gasteiger partial charge in [0.05, 0.1) is 0 Å². The molecule has 0 fully saturated rings. The molecule has 0 saturated heterocycles. The molecule has 0 heterocycles. The van der Waals surface area contributed by atoms with Crippen molar-refractivity contribution >= 4 is 0 Å². The highest BCUT2D eigenvalue weighted by Gasteiger charge is 2.05. The molecule has 5 heteroatoms. The molecule has 0 unspecified atom stereocenters. The molecule has 2 rings (SSSR count). The van der Waals surface area contributed by atoms with Crippen LogP contribution in [0.1, 0.15) is 5.56 Å². The number of rotatable bonds is 9. The summed E-state index contributed by atoms with van der Waals surface area (Å²) in [5, 5.41) is 22.2. The third kappa shape index (κ3) is 6.18. The number of aromatic hydroxyl groups is 1. The summed E-state index contributed by atoms with van der Waals surface area (Å²) in [6.07, 6.45) is 0.272. The van der Waals surface area contributed by atoms with Crippen molar-refractivity contribution in [1.29, 1.82) is 0 Å². The van der Waals surface area contributed by atoms with Crippen LogP contribution in [0, 0.1) is 7.11 Å². The van der Waals surface area contributed by atoms with Crippen molar-refractivity contribution in [3.8, 4) is 17.2 Å². The first-order chi connectivity index (χ1) is 11.2. The van der Waals surface area contributed by atoms with Gasteiger partial charge in [0.25, 0.3) is 0 Å². The summed E-state index contributed by atoms with van der Waals surface area (Å²) in [5.41, 5.74) is 1.19. The van der Waals surface area contributed by atoms with E-state index in [4.69, 9.17) is 9.47 Å². The van der Waals surface area contributed by atoms with Crippen molar-refractivity contribution in [3.05, 3.63) is 61.2 Å². The van der Waals surface area contributed by atoms with Gasteiger partial charge in [0.2, 0.25) is 0 Å². The number of aliphatic hydroxyl groups excluding tert-OH is 1. The molecule has 0 aliphatic rings. The van der Waals surface area contributed by atoms with Gasteiger partial charge in [-0.3, -0.25) is 0 Å². The number of aliphatic hydroxyl groups is 1. The lowest BCUT2D eigenvalue weighted by atomic mass is 10.1. The topological polar surface area (TPSA) is 71.0 Å². The molecule has 2 aromatic carbocycles. The first-order valence-corrected chi connectivity index (χ1v) is 7.49. The third-order valence-corrected chi connectivity index (χ3v) is 3.34. The zero-order valence-electron chi connectivity index (χ0n) is 12.9. The maximum absolute atomic E-state index is 9.87. The van der Waals surface area contributed by atoms with Crippen LogP contribution < -0.4 is 14.8 Å². The Morgan fingerprint density at radius 2 is 1.65 bits per heavy atom. The Labute approximate surface area is 136 Å². The molecule has 0 saturated carbocycles. The van der Waals surface area contributed by atoms with Gasteiger partial charge >= 0.3 is 0 Å². The number of ether oxygens (including phenoxy) is 2.